The quantitative estimate of drug-likeness (QED) is 0.841. The number of carbonyl (C=O) groups excluding carboxylic acids is 1. The lowest BCUT2D eigenvalue weighted by atomic mass is 10.1. The summed E-state index contributed by atoms with van der Waals surface area (Å²) in [5.74, 6) is 1.60. The Balaban J connectivity index is 2.87. The summed E-state index contributed by atoms with van der Waals surface area (Å²) in [6.07, 6.45) is 0.521. The third kappa shape index (κ3) is 4.16. The van der Waals surface area contributed by atoms with E-state index in [9.17, 15) is 18.0 Å². The molecule has 0 saturated carbocycles. The summed E-state index contributed by atoms with van der Waals surface area (Å²) in [4.78, 5) is 11.5. The molecule has 0 radical (unpaired) electrons. The van der Waals surface area contributed by atoms with Crippen LogP contribution >= 0.6 is 11.6 Å². The van der Waals surface area contributed by atoms with Crippen molar-refractivity contribution in [1.29, 1.82) is 0 Å². The monoisotopic (exact) mass is 290 g/mol. The predicted octanol–water partition coefficient (Wildman–Crippen LogP) is 2.65. The zero-order valence-electron chi connectivity index (χ0n) is 9.59. The molecule has 3 N–H and O–H groups in total. The molecule has 19 heavy (non-hydrogen) atoms. The molecule has 7 heteroatoms. The van der Waals surface area contributed by atoms with Gasteiger partial charge in [-0.05, 0) is 18.2 Å². The van der Waals surface area contributed by atoms with Crippen LogP contribution in [-0.2, 0) is 11.0 Å². The molecule has 0 spiro atoms. The molecule has 1 unspecified atom stereocenters. The number of hydrogen-bond donors (Lipinski definition) is 2. The molecule has 0 saturated heterocycles. The molecule has 0 fully saturated rings. The lowest BCUT2D eigenvalue weighted by Crippen LogP contribution is -2.35. The van der Waals surface area contributed by atoms with Gasteiger partial charge in [0.15, 0.2) is 0 Å². The highest BCUT2D eigenvalue weighted by molar-refractivity contribution is 6.33. The van der Waals surface area contributed by atoms with Crippen LogP contribution in [0.1, 0.15) is 12.0 Å². The van der Waals surface area contributed by atoms with Crippen molar-refractivity contribution < 1.29 is 18.0 Å². The van der Waals surface area contributed by atoms with Crippen molar-refractivity contribution >= 4 is 23.2 Å². The summed E-state index contributed by atoms with van der Waals surface area (Å²) in [7, 11) is 0. The van der Waals surface area contributed by atoms with E-state index in [1.165, 1.54) is 0 Å². The highest BCUT2D eigenvalue weighted by atomic mass is 35.5. The fourth-order valence-electron chi connectivity index (χ4n) is 1.24. The minimum atomic E-state index is -4.49. The Hall–Kier alpha value is -1.71. The lowest BCUT2D eigenvalue weighted by Gasteiger charge is -2.13. The average molecular weight is 291 g/mol. The summed E-state index contributed by atoms with van der Waals surface area (Å²) in [5, 5.41) is 2.09. The van der Waals surface area contributed by atoms with Gasteiger partial charge in [-0.3, -0.25) is 4.79 Å². The van der Waals surface area contributed by atoms with Gasteiger partial charge < -0.3 is 11.1 Å². The van der Waals surface area contributed by atoms with Gasteiger partial charge in [0.1, 0.15) is 0 Å². The van der Waals surface area contributed by atoms with Gasteiger partial charge in [0.25, 0.3) is 0 Å². The Morgan fingerprint density at radius 3 is 2.63 bits per heavy atom. The standard InChI is InChI=1S/C12H10ClF3N2O/c1-2-3-9(17)11(19)18-10-5-4-7(6-8(10)13)12(14,15)16/h1,4-6,9H,3,17H2,(H,18,19). The van der Waals surface area contributed by atoms with Crippen LogP contribution in [0.2, 0.25) is 5.02 Å². The third-order valence-electron chi connectivity index (χ3n) is 2.23. The van der Waals surface area contributed by atoms with E-state index in [4.69, 9.17) is 23.8 Å². The van der Waals surface area contributed by atoms with Crippen LogP contribution in [0.4, 0.5) is 18.9 Å². The lowest BCUT2D eigenvalue weighted by molar-refractivity contribution is -0.137. The predicted molar refractivity (Wildman–Crippen MR) is 66.5 cm³/mol. The number of halogens is 4. The van der Waals surface area contributed by atoms with Gasteiger partial charge in [0.2, 0.25) is 5.91 Å². The summed E-state index contributed by atoms with van der Waals surface area (Å²) in [6, 6.07) is 1.66. The second-order valence-electron chi connectivity index (χ2n) is 3.70. The van der Waals surface area contributed by atoms with Crippen LogP contribution in [0.5, 0.6) is 0 Å². The Morgan fingerprint density at radius 2 is 2.16 bits per heavy atom. The van der Waals surface area contributed by atoms with Crippen LogP contribution in [0.3, 0.4) is 0 Å². The average Bonchev–Trinajstić information content (AvgIpc) is 2.30. The third-order valence-corrected chi connectivity index (χ3v) is 2.54. The smallest absolute Gasteiger partial charge is 0.323 e. The number of amides is 1. The molecule has 3 nitrogen and oxygen atoms in total. The summed E-state index contributed by atoms with van der Waals surface area (Å²) >= 11 is 5.67. The Bertz CT molecular complexity index is 523. The van der Waals surface area contributed by atoms with E-state index in [2.05, 4.69) is 11.2 Å². The van der Waals surface area contributed by atoms with E-state index >= 15 is 0 Å². The van der Waals surface area contributed by atoms with Gasteiger partial charge >= 0.3 is 6.18 Å². The molecule has 1 aromatic carbocycles. The Kier molecular flexibility index (Phi) is 4.81. The van der Waals surface area contributed by atoms with Crippen molar-refractivity contribution in [3.63, 3.8) is 0 Å². The number of hydrogen-bond acceptors (Lipinski definition) is 2. The highest BCUT2D eigenvalue weighted by Gasteiger charge is 2.31. The van der Waals surface area contributed by atoms with Crippen LogP contribution in [0.25, 0.3) is 0 Å². The fourth-order valence-corrected chi connectivity index (χ4v) is 1.47. The second-order valence-corrected chi connectivity index (χ2v) is 4.10. The molecule has 1 amide bonds. The second kappa shape index (κ2) is 5.95. The number of alkyl halides is 3. The molecule has 1 atom stereocenters. The SMILES string of the molecule is C#CCC(N)C(=O)Nc1ccc(C(F)(F)F)cc1Cl. The number of benzene rings is 1. The first-order chi connectivity index (χ1) is 8.75. The molecule has 102 valence electrons. The first-order valence-electron chi connectivity index (χ1n) is 5.12. The minimum Gasteiger partial charge on any atom is -0.323 e. The van der Waals surface area contributed by atoms with Crippen LogP contribution < -0.4 is 11.1 Å². The van der Waals surface area contributed by atoms with Crippen LogP contribution in [-0.4, -0.2) is 11.9 Å². The van der Waals surface area contributed by atoms with Gasteiger partial charge in [-0.2, -0.15) is 13.2 Å². The summed E-state index contributed by atoms with van der Waals surface area (Å²) in [6.45, 7) is 0. The molecule has 0 heterocycles. The van der Waals surface area contributed by atoms with E-state index in [0.717, 1.165) is 18.2 Å². The number of anilines is 1. The maximum atomic E-state index is 12.4. The first-order valence-corrected chi connectivity index (χ1v) is 5.50. The maximum absolute atomic E-state index is 12.4. The zero-order valence-corrected chi connectivity index (χ0v) is 10.3. The van der Waals surface area contributed by atoms with Gasteiger partial charge in [-0.25, -0.2) is 0 Å². The van der Waals surface area contributed by atoms with Crippen molar-refractivity contribution in [1.82, 2.24) is 0 Å². The molecule has 0 aliphatic rings. The largest absolute Gasteiger partial charge is 0.416 e. The van der Waals surface area contributed by atoms with Crippen LogP contribution in [0.15, 0.2) is 18.2 Å². The van der Waals surface area contributed by atoms with E-state index < -0.39 is 23.7 Å². The normalized spacial score (nSPS) is 12.6. The number of rotatable bonds is 3. The Labute approximate surface area is 112 Å². The van der Waals surface area contributed by atoms with Gasteiger partial charge in [0.05, 0.1) is 22.3 Å². The molecule has 0 aromatic heterocycles. The number of terminal acetylenes is 1. The molecular weight excluding hydrogens is 281 g/mol. The van der Waals surface area contributed by atoms with Crippen molar-refractivity contribution in [2.45, 2.75) is 18.6 Å². The Morgan fingerprint density at radius 1 is 1.53 bits per heavy atom. The van der Waals surface area contributed by atoms with Crippen molar-refractivity contribution in [2.24, 2.45) is 5.73 Å². The molecule has 0 aliphatic carbocycles. The van der Waals surface area contributed by atoms with Crippen LogP contribution in [0, 0.1) is 12.3 Å². The van der Waals surface area contributed by atoms with E-state index in [-0.39, 0.29) is 17.1 Å². The maximum Gasteiger partial charge on any atom is 0.416 e. The highest BCUT2D eigenvalue weighted by Crippen LogP contribution is 2.33. The van der Waals surface area contributed by atoms with E-state index in [1.807, 2.05) is 0 Å². The van der Waals surface area contributed by atoms with E-state index in [1.54, 1.807) is 0 Å². The molecule has 0 bridgehead atoms. The van der Waals surface area contributed by atoms with Crippen molar-refractivity contribution in [3.05, 3.63) is 28.8 Å². The molecule has 1 aromatic rings. The molecule has 0 aliphatic heterocycles. The zero-order chi connectivity index (χ0) is 14.6. The molecule has 1 rings (SSSR count). The number of nitrogens with two attached hydrogens (primary N) is 1. The summed E-state index contributed by atoms with van der Waals surface area (Å²) in [5.41, 5.74) is 4.60. The summed E-state index contributed by atoms with van der Waals surface area (Å²) < 4.78 is 37.2. The van der Waals surface area contributed by atoms with Gasteiger partial charge in [-0.1, -0.05) is 11.6 Å². The molecular formula is C12H10ClF3N2O. The number of nitrogens with one attached hydrogen (secondary N) is 1. The van der Waals surface area contributed by atoms with Crippen molar-refractivity contribution in [2.75, 3.05) is 5.32 Å². The number of carbonyl (C=O) groups is 1. The topological polar surface area (TPSA) is 55.1 Å². The van der Waals surface area contributed by atoms with E-state index in [0.29, 0.717) is 0 Å². The fraction of sp³-hybridized carbons (Fsp3) is 0.250. The van der Waals surface area contributed by atoms with Crippen molar-refractivity contribution in [3.8, 4) is 12.3 Å². The van der Waals surface area contributed by atoms with Gasteiger partial charge in [0, 0.05) is 6.42 Å². The first kappa shape index (κ1) is 15.3. The minimum absolute atomic E-state index is 0.0179. The van der Waals surface area contributed by atoms with Gasteiger partial charge in [-0.15, -0.1) is 12.3 Å².